The third kappa shape index (κ3) is 3.92. The number of rotatable bonds is 6. The van der Waals surface area contributed by atoms with Gasteiger partial charge in [-0.2, -0.15) is 0 Å². The van der Waals surface area contributed by atoms with E-state index in [-0.39, 0.29) is 10.8 Å². The van der Waals surface area contributed by atoms with Gasteiger partial charge in [-0.1, -0.05) is 6.08 Å². The lowest BCUT2D eigenvalue weighted by Crippen LogP contribution is -2.36. The molecule has 17 heavy (non-hydrogen) atoms. The summed E-state index contributed by atoms with van der Waals surface area (Å²) in [5.74, 6) is -0.893. The number of hydrogen-bond donors (Lipinski definition) is 2. The lowest BCUT2D eigenvalue weighted by atomic mass is 10.3. The van der Waals surface area contributed by atoms with E-state index in [1.54, 1.807) is 18.4 Å². The second-order valence-electron chi connectivity index (χ2n) is 3.25. The summed E-state index contributed by atoms with van der Waals surface area (Å²) in [6, 6.07) is 1.39. The number of carbonyl (C=O) groups is 2. The van der Waals surface area contributed by atoms with E-state index < -0.39 is 12.1 Å². The number of amides is 1. The van der Waals surface area contributed by atoms with E-state index in [9.17, 15) is 9.59 Å². The molecule has 0 spiro atoms. The van der Waals surface area contributed by atoms with Crippen LogP contribution in [0.25, 0.3) is 0 Å². The van der Waals surface area contributed by atoms with Gasteiger partial charge < -0.3 is 15.2 Å². The topological polar surface area (TPSA) is 75.6 Å². The Labute approximate surface area is 103 Å². The molecule has 1 aromatic heterocycles. The summed E-state index contributed by atoms with van der Waals surface area (Å²) in [7, 11) is 0. The largest absolute Gasteiger partial charge is 0.480 e. The number of nitrogens with one attached hydrogen (secondary N) is 1. The third-order valence-electron chi connectivity index (χ3n) is 1.89. The molecule has 0 aliphatic carbocycles. The minimum absolute atomic E-state index is 0.179. The minimum atomic E-state index is -1.01. The Balaban J connectivity index is 2.54. The van der Waals surface area contributed by atoms with Gasteiger partial charge in [0.25, 0.3) is 5.91 Å². The van der Waals surface area contributed by atoms with Crippen LogP contribution in [0.4, 0.5) is 0 Å². The normalized spacial score (nSPS) is 11.6. The average Bonchev–Trinajstić information content (AvgIpc) is 2.74. The van der Waals surface area contributed by atoms with E-state index >= 15 is 0 Å². The molecule has 1 atom stereocenters. The molecule has 0 fully saturated rings. The summed E-state index contributed by atoms with van der Waals surface area (Å²) in [5, 5.41) is 12.9. The van der Waals surface area contributed by atoms with Crippen molar-refractivity contribution >= 4 is 23.2 Å². The van der Waals surface area contributed by atoms with Crippen LogP contribution in [0, 0.1) is 0 Å². The Morgan fingerprint density at radius 2 is 2.41 bits per heavy atom. The molecule has 0 saturated heterocycles. The Morgan fingerprint density at radius 3 is 2.94 bits per heavy atom. The quantitative estimate of drug-likeness (QED) is 0.756. The second kappa shape index (κ2) is 6.05. The molecule has 0 aromatic carbocycles. The van der Waals surface area contributed by atoms with Crippen molar-refractivity contribution in [2.75, 3.05) is 6.54 Å². The van der Waals surface area contributed by atoms with Crippen molar-refractivity contribution in [2.24, 2.45) is 0 Å². The molecule has 0 aliphatic heterocycles. The first-order valence-electron chi connectivity index (χ1n) is 4.91. The lowest BCUT2D eigenvalue weighted by molar-refractivity contribution is -0.127. The van der Waals surface area contributed by atoms with E-state index in [1.807, 2.05) is 0 Å². The van der Waals surface area contributed by atoms with Gasteiger partial charge in [-0.3, -0.25) is 4.79 Å². The van der Waals surface area contributed by atoms with Gasteiger partial charge in [-0.25, -0.2) is 4.79 Å². The highest BCUT2D eigenvalue weighted by Crippen LogP contribution is 2.22. The molecule has 0 saturated carbocycles. The summed E-state index contributed by atoms with van der Waals surface area (Å²) < 4.78 is 5.30. The van der Waals surface area contributed by atoms with Gasteiger partial charge in [0.15, 0.2) is 6.10 Å². The number of carboxylic acids is 1. The van der Waals surface area contributed by atoms with Crippen LogP contribution in [0.2, 0.25) is 0 Å². The van der Waals surface area contributed by atoms with Crippen LogP contribution >= 0.6 is 11.3 Å². The van der Waals surface area contributed by atoms with Crippen molar-refractivity contribution in [1.29, 1.82) is 0 Å². The van der Waals surface area contributed by atoms with Crippen LogP contribution in [-0.4, -0.2) is 29.6 Å². The van der Waals surface area contributed by atoms with E-state index in [0.717, 1.165) is 11.3 Å². The predicted molar refractivity (Wildman–Crippen MR) is 64.6 cm³/mol. The minimum Gasteiger partial charge on any atom is -0.480 e. The van der Waals surface area contributed by atoms with Crippen molar-refractivity contribution < 1.29 is 19.4 Å². The SMILES string of the molecule is C=CCNC(=O)C(C)Oc1csc(C(=O)O)c1. The number of thiophene rings is 1. The van der Waals surface area contributed by atoms with Gasteiger partial charge in [0, 0.05) is 18.0 Å². The fourth-order valence-corrected chi connectivity index (χ4v) is 1.72. The van der Waals surface area contributed by atoms with Gasteiger partial charge in [-0.15, -0.1) is 17.9 Å². The van der Waals surface area contributed by atoms with Gasteiger partial charge in [0.2, 0.25) is 0 Å². The number of ether oxygens (including phenoxy) is 1. The maximum Gasteiger partial charge on any atom is 0.346 e. The van der Waals surface area contributed by atoms with E-state index in [0.29, 0.717) is 12.3 Å². The fourth-order valence-electron chi connectivity index (χ4n) is 1.07. The van der Waals surface area contributed by atoms with Crippen molar-refractivity contribution in [3.05, 3.63) is 29.0 Å². The molecule has 0 bridgehead atoms. The Kier molecular flexibility index (Phi) is 4.71. The molecule has 1 unspecified atom stereocenters. The zero-order valence-corrected chi connectivity index (χ0v) is 10.1. The monoisotopic (exact) mass is 255 g/mol. The third-order valence-corrected chi connectivity index (χ3v) is 2.79. The number of carbonyl (C=O) groups excluding carboxylic acids is 1. The highest BCUT2D eigenvalue weighted by Gasteiger charge is 2.15. The molecule has 2 N–H and O–H groups in total. The molecule has 1 aromatic rings. The van der Waals surface area contributed by atoms with Crippen LogP contribution in [0.1, 0.15) is 16.6 Å². The molecule has 1 heterocycles. The molecule has 1 rings (SSSR count). The smallest absolute Gasteiger partial charge is 0.346 e. The first kappa shape index (κ1) is 13.2. The van der Waals surface area contributed by atoms with Crippen molar-refractivity contribution in [3.63, 3.8) is 0 Å². The first-order chi connectivity index (χ1) is 8.04. The molecule has 6 heteroatoms. The standard InChI is InChI=1S/C11H13NO4S/c1-3-4-12-10(13)7(2)16-8-5-9(11(14)15)17-6-8/h3,5-7H,1,4H2,2H3,(H,12,13)(H,14,15). The summed E-state index contributed by atoms with van der Waals surface area (Å²) in [4.78, 5) is 22.3. The first-order valence-corrected chi connectivity index (χ1v) is 5.79. The zero-order valence-electron chi connectivity index (χ0n) is 9.30. The molecule has 5 nitrogen and oxygen atoms in total. The van der Waals surface area contributed by atoms with Crippen LogP contribution in [0.15, 0.2) is 24.1 Å². The van der Waals surface area contributed by atoms with Crippen molar-refractivity contribution in [2.45, 2.75) is 13.0 Å². The maximum absolute atomic E-state index is 11.5. The Bertz CT molecular complexity index is 427. The van der Waals surface area contributed by atoms with E-state index in [4.69, 9.17) is 9.84 Å². The molecular weight excluding hydrogens is 242 g/mol. The molecular formula is C11H13NO4S. The average molecular weight is 255 g/mol. The van der Waals surface area contributed by atoms with Crippen LogP contribution in [0.3, 0.4) is 0 Å². The van der Waals surface area contributed by atoms with Crippen molar-refractivity contribution in [1.82, 2.24) is 5.32 Å². The fraction of sp³-hybridized carbons (Fsp3) is 0.273. The van der Waals surface area contributed by atoms with Gasteiger partial charge in [0.05, 0.1) is 0 Å². The van der Waals surface area contributed by atoms with Gasteiger partial charge in [-0.05, 0) is 6.92 Å². The van der Waals surface area contributed by atoms with Crippen LogP contribution in [0.5, 0.6) is 5.75 Å². The lowest BCUT2D eigenvalue weighted by Gasteiger charge is -2.12. The van der Waals surface area contributed by atoms with Crippen LogP contribution in [-0.2, 0) is 4.79 Å². The highest BCUT2D eigenvalue weighted by atomic mass is 32.1. The summed E-state index contributed by atoms with van der Waals surface area (Å²) in [6.07, 6.45) is 0.892. The van der Waals surface area contributed by atoms with E-state index in [1.165, 1.54) is 6.07 Å². The summed E-state index contributed by atoms with van der Waals surface area (Å²) in [6.45, 7) is 5.44. The predicted octanol–water partition coefficient (Wildman–Crippen LogP) is 1.52. The molecule has 0 aliphatic rings. The van der Waals surface area contributed by atoms with Crippen LogP contribution < -0.4 is 10.1 Å². The molecule has 92 valence electrons. The highest BCUT2D eigenvalue weighted by molar-refractivity contribution is 7.12. The van der Waals surface area contributed by atoms with Gasteiger partial charge in [0.1, 0.15) is 10.6 Å². The number of aromatic carboxylic acids is 1. The zero-order chi connectivity index (χ0) is 12.8. The summed E-state index contributed by atoms with van der Waals surface area (Å²) in [5.41, 5.74) is 0. The number of hydrogen-bond acceptors (Lipinski definition) is 4. The molecule has 0 radical (unpaired) electrons. The van der Waals surface area contributed by atoms with E-state index in [2.05, 4.69) is 11.9 Å². The van der Waals surface area contributed by atoms with Gasteiger partial charge >= 0.3 is 5.97 Å². The summed E-state index contributed by atoms with van der Waals surface area (Å²) >= 11 is 1.06. The van der Waals surface area contributed by atoms with Crippen molar-refractivity contribution in [3.8, 4) is 5.75 Å². The molecule has 1 amide bonds. The Morgan fingerprint density at radius 1 is 1.71 bits per heavy atom. The second-order valence-corrected chi connectivity index (χ2v) is 4.16. The number of carboxylic acid groups (broad SMARTS) is 1. The Hall–Kier alpha value is -1.82. The maximum atomic E-state index is 11.5.